The average Bonchev–Trinajstić information content (AvgIpc) is 3.16. The van der Waals surface area contributed by atoms with Gasteiger partial charge in [-0.25, -0.2) is 12.8 Å². The van der Waals surface area contributed by atoms with Crippen LogP contribution in [0.1, 0.15) is 32.1 Å². The Morgan fingerprint density at radius 3 is 2.76 bits per heavy atom. The lowest BCUT2D eigenvalue weighted by molar-refractivity contribution is -0.141. The van der Waals surface area contributed by atoms with E-state index in [1.54, 1.807) is 0 Å². The first-order valence-electron chi connectivity index (χ1n) is 8.33. The van der Waals surface area contributed by atoms with Gasteiger partial charge >= 0.3 is 5.97 Å². The van der Waals surface area contributed by atoms with Crippen molar-refractivity contribution in [2.24, 2.45) is 5.92 Å². The van der Waals surface area contributed by atoms with Crippen LogP contribution < -0.4 is 0 Å². The third-order valence-corrected chi connectivity index (χ3v) is 7.09. The van der Waals surface area contributed by atoms with Gasteiger partial charge in [0.1, 0.15) is 17.4 Å². The minimum Gasteiger partial charge on any atom is -0.480 e. The quantitative estimate of drug-likeness (QED) is 0.901. The standard InChI is InChI=1S/C17H18FNO5S/c18-12-5-6-15-11(7-12)9-16(24-15)25(22,23)19-13-4-2-1-3-10(13)8-14(19)17(20)21/h5-7,9-10,13-14H,1-4,8H2,(H,20,21). The highest BCUT2D eigenvalue weighted by Crippen LogP contribution is 2.43. The van der Waals surface area contributed by atoms with Crippen LogP contribution in [0.5, 0.6) is 0 Å². The van der Waals surface area contributed by atoms with Crippen molar-refractivity contribution >= 4 is 27.0 Å². The summed E-state index contributed by atoms with van der Waals surface area (Å²) < 4.78 is 46.2. The molecule has 6 nitrogen and oxygen atoms in total. The topological polar surface area (TPSA) is 87.8 Å². The maximum absolute atomic E-state index is 13.4. The van der Waals surface area contributed by atoms with E-state index in [4.69, 9.17) is 4.42 Å². The monoisotopic (exact) mass is 367 g/mol. The van der Waals surface area contributed by atoms with Gasteiger partial charge in [-0.3, -0.25) is 4.79 Å². The molecule has 2 heterocycles. The first-order chi connectivity index (χ1) is 11.9. The summed E-state index contributed by atoms with van der Waals surface area (Å²) in [6.45, 7) is 0. The smallest absolute Gasteiger partial charge is 0.322 e. The number of carbonyl (C=O) groups is 1. The highest BCUT2D eigenvalue weighted by Gasteiger charge is 2.52. The molecular formula is C17H18FNO5S. The van der Waals surface area contributed by atoms with Crippen LogP contribution >= 0.6 is 0 Å². The second-order valence-corrected chi connectivity index (χ2v) is 8.56. The number of fused-ring (bicyclic) bond motifs is 2. The van der Waals surface area contributed by atoms with E-state index in [1.165, 1.54) is 24.3 Å². The van der Waals surface area contributed by atoms with E-state index in [2.05, 4.69) is 0 Å². The van der Waals surface area contributed by atoms with Crippen molar-refractivity contribution in [1.82, 2.24) is 4.31 Å². The molecule has 1 aliphatic carbocycles. The van der Waals surface area contributed by atoms with E-state index in [-0.39, 0.29) is 22.6 Å². The minimum absolute atomic E-state index is 0.0615. The van der Waals surface area contributed by atoms with Gasteiger partial charge in [0.15, 0.2) is 0 Å². The molecule has 1 aromatic heterocycles. The minimum atomic E-state index is -4.11. The van der Waals surface area contributed by atoms with E-state index in [1.807, 2.05) is 0 Å². The second-order valence-electron chi connectivity index (χ2n) is 6.78. The van der Waals surface area contributed by atoms with Crippen molar-refractivity contribution < 1.29 is 27.1 Å². The van der Waals surface area contributed by atoms with Gasteiger partial charge in [0, 0.05) is 17.5 Å². The molecule has 4 rings (SSSR count). The molecule has 1 saturated heterocycles. The highest BCUT2D eigenvalue weighted by atomic mass is 32.2. The number of hydrogen-bond acceptors (Lipinski definition) is 4. The summed E-state index contributed by atoms with van der Waals surface area (Å²) in [7, 11) is -4.11. The van der Waals surface area contributed by atoms with Gasteiger partial charge in [-0.1, -0.05) is 12.8 Å². The van der Waals surface area contributed by atoms with Gasteiger partial charge in [-0.2, -0.15) is 4.31 Å². The van der Waals surface area contributed by atoms with Crippen LogP contribution in [0, 0.1) is 11.7 Å². The Bertz CT molecular complexity index is 938. The second kappa shape index (κ2) is 5.81. The fraction of sp³-hybridized carbons (Fsp3) is 0.471. The van der Waals surface area contributed by atoms with Crippen LogP contribution in [0.4, 0.5) is 4.39 Å². The number of aliphatic carboxylic acids is 1. The Kier molecular flexibility index (Phi) is 3.84. The number of carboxylic acids is 1. The van der Waals surface area contributed by atoms with Gasteiger partial charge in [-0.05, 0) is 43.4 Å². The van der Waals surface area contributed by atoms with Crippen molar-refractivity contribution in [3.05, 3.63) is 30.1 Å². The van der Waals surface area contributed by atoms with Crippen molar-refractivity contribution in [2.75, 3.05) is 0 Å². The summed E-state index contributed by atoms with van der Waals surface area (Å²) in [5.41, 5.74) is 0.256. The molecule has 1 aromatic carbocycles. The number of hydrogen-bond donors (Lipinski definition) is 1. The number of carboxylic acid groups (broad SMARTS) is 1. The SMILES string of the molecule is O=C(O)C1CC2CCCCC2N1S(=O)(=O)c1cc2cc(F)ccc2o1. The van der Waals surface area contributed by atoms with Crippen LogP contribution in [0.25, 0.3) is 11.0 Å². The molecule has 2 fully saturated rings. The third kappa shape index (κ3) is 2.64. The lowest BCUT2D eigenvalue weighted by Gasteiger charge is -2.31. The number of sulfonamides is 1. The molecule has 2 aromatic rings. The van der Waals surface area contributed by atoms with Crippen molar-refractivity contribution in [2.45, 2.75) is 49.3 Å². The van der Waals surface area contributed by atoms with Crippen molar-refractivity contribution in [3.8, 4) is 0 Å². The van der Waals surface area contributed by atoms with Gasteiger partial charge in [0.2, 0.25) is 5.09 Å². The molecule has 134 valence electrons. The number of benzene rings is 1. The normalized spacial score (nSPS) is 27.5. The van der Waals surface area contributed by atoms with E-state index >= 15 is 0 Å². The van der Waals surface area contributed by atoms with Gasteiger partial charge in [0.05, 0.1) is 0 Å². The molecule has 1 N–H and O–H groups in total. The van der Waals surface area contributed by atoms with E-state index < -0.39 is 27.9 Å². The molecule has 25 heavy (non-hydrogen) atoms. The Morgan fingerprint density at radius 2 is 2.00 bits per heavy atom. The maximum Gasteiger partial charge on any atom is 0.322 e. The lowest BCUT2D eigenvalue weighted by Crippen LogP contribution is -2.45. The molecule has 1 saturated carbocycles. The first-order valence-corrected chi connectivity index (χ1v) is 9.77. The molecule has 8 heteroatoms. The Labute approximate surface area is 144 Å². The Morgan fingerprint density at radius 1 is 1.24 bits per heavy atom. The van der Waals surface area contributed by atoms with Crippen LogP contribution in [-0.2, 0) is 14.8 Å². The third-order valence-electron chi connectivity index (χ3n) is 5.30. The van der Waals surface area contributed by atoms with Crippen LogP contribution in [0.3, 0.4) is 0 Å². The zero-order valence-electron chi connectivity index (χ0n) is 13.4. The van der Waals surface area contributed by atoms with Crippen molar-refractivity contribution in [3.63, 3.8) is 0 Å². The summed E-state index contributed by atoms with van der Waals surface area (Å²) in [6, 6.07) is 3.62. The van der Waals surface area contributed by atoms with Gasteiger partial charge in [-0.15, -0.1) is 0 Å². The van der Waals surface area contributed by atoms with Gasteiger partial charge < -0.3 is 9.52 Å². The zero-order valence-corrected chi connectivity index (χ0v) is 14.2. The number of furan rings is 1. The van der Waals surface area contributed by atoms with Crippen molar-refractivity contribution in [1.29, 1.82) is 0 Å². The summed E-state index contributed by atoms with van der Waals surface area (Å²) in [5, 5.41) is 9.54. The first kappa shape index (κ1) is 16.5. The average molecular weight is 367 g/mol. The summed E-state index contributed by atoms with van der Waals surface area (Å²) >= 11 is 0. The maximum atomic E-state index is 13.4. The Hall–Kier alpha value is -1.93. The molecule has 0 spiro atoms. The largest absolute Gasteiger partial charge is 0.480 e. The van der Waals surface area contributed by atoms with E-state index in [0.717, 1.165) is 23.6 Å². The van der Waals surface area contributed by atoms with E-state index in [0.29, 0.717) is 18.2 Å². The van der Waals surface area contributed by atoms with Crippen LogP contribution in [0.15, 0.2) is 33.8 Å². The van der Waals surface area contributed by atoms with Gasteiger partial charge in [0.25, 0.3) is 10.0 Å². The predicted octanol–water partition coefficient (Wildman–Crippen LogP) is 2.98. The van der Waals surface area contributed by atoms with Crippen LogP contribution in [-0.4, -0.2) is 35.9 Å². The number of halogens is 1. The van der Waals surface area contributed by atoms with E-state index in [9.17, 15) is 22.7 Å². The molecule has 3 atom stereocenters. The summed E-state index contributed by atoms with van der Waals surface area (Å²) in [5.74, 6) is -1.57. The molecular weight excluding hydrogens is 349 g/mol. The predicted molar refractivity (Wildman–Crippen MR) is 87.0 cm³/mol. The number of nitrogens with zero attached hydrogens (tertiary/aromatic N) is 1. The fourth-order valence-electron chi connectivity index (χ4n) is 4.20. The number of rotatable bonds is 3. The van der Waals surface area contributed by atoms with Crippen LogP contribution in [0.2, 0.25) is 0 Å². The lowest BCUT2D eigenvalue weighted by atomic mass is 9.85. The molecule has 0 radical (unpaired) electrons. The highest BCUT2D eigenvalue weighted by molar-refractivity contribution is 7.89. The Balaban J connectivity index is 1.79. The fourth-order valence-corrected chi connectivity index (χ4v) is 6.02. The summed E-state index contributed by atoms with van der Waals surface area (Å²) in [6.07, 6.45) is 3.69. The molecule has 3 unspecified atom stereocenters. The molecule has 1 aliphatic heterocycles. The molecule has 0 amide bonds. The molecule has 2 aliphatic rings. The summed E-state index contributed by atoms with van der Waals surface area (Å²) in [4.78, 5) is 11.7. The molecule has 0 bridgehead atoms. The zero-order chi connectivity index (χ0) is 17.8.